The van der Waals surface area contributed by atoms with Gasteiger partial charge in [0.1, 0.15) is 19.8 Å². The molecule has 13 nitrogen and oxygen atoms in total. The third-order valence-corrected chi connectivity index (χ3v) is 11.0. The van der Waals surface area contributed by atoms with E-state index in [1.54, 1.807) is 12.2 Å². The number of esters is 2. The molecule has 0 bridgehead atoms. The highest BCUT2D eigenvalue weighted by Gasteiger charge is 2.35. The molecule has 0 amide bonds. The molecule has 7 atom stereocenters. The van der Waals surface area contributed by atoms with Gasteiger partial charge in [0.05, 0.1) is 46.1 Å². The molecule has 62 heavy (non-hydrogen) atoms. The first-order valence-corrected chi connectivity index (χ1v) is 24.5. The zero-order chi connectivity index (χ0) is 45.9. The predicted molar refractivity (Wildman–Crippen MR) is 244 cm³/mol. The van der Waals surface area contributed by atoms with E-state index in [4.69, 9.17) is 23.3 Å². The minimum Gasteiger partial charge on any atom is -0.756 e. The Morgan fingerprint density at radius 2 is 1.34 bits per heavy atom. The molecule has 0 aromatic rings. The summed E-state index contributed by atoms with van der Waals surface area (Å²) in [6.45, 7) is 3.69. The van der Waals surface area contributed by atoms with Crippen LogP contribution in [0.1, 0.15) is 136 Å². The Balaban J connectivity index is 2.57. The highest BCUT2D eigenvalue weighted by Crippen LogP contribution is 2.38. The van der Waals surface area contributed by atoms with Gasteiger partial charge in [0.15, 0.2) is 12.4 Å². The first-order valence-electron chi connectivity index (χ1n) is 23.0. The zero-order valence-electron chi connectivity index (χ0n) is 38.6. The Bertz CT molecular complexity index is 1400. The minimum absolute atomic E-state index is 0.0673. The maximum atomic E-state index is 12.7. The Labute approximate surface area is 373 Å². The smallest absolute Gasteiger partial charge is 0.306 e. The van der Waals surface area contributed by atoms with Crippen molar-refractivity contribution in [1.82, 2.24) is 0 Å². The number of likely N-dealkylation sites (N-methyl/N-ethyl adjacent to an activating group) is 1. The van der Waals surface area contributed by atoms with Crippen LogP contribution in [0.3, 0.4) is 0 Å². The monoisotopic (exact) mass is 896 g/mol. The van der Waals surface area contributed by atoms with Crippen LogP contribution in [-0.2, 0) is 37.4 Å². The second-order valence-corrected chi connectivity index (χ2v) is 18.3. The summed E-state index contributed by atoms with van der Waals surface area (Å²) < 4.78 is 39.5. The summed E-state index contributed by atoms with van der Waals surface area (Å²) >= 11 is 0. The molecule has 356 valence electrons. The van der Waals surface area contributed by atoms with Gasteiger partial charge in [-0.3, -0.25) is 14.2 Å². The number of aliphatic hydroxyl groups excluding tert-OH is 3. The molecule has 1 aliphatic rings. The Morgan fingerprint density at radius 1 is 0.774 bits per heavy atom. The number of phosphoric ester groups is 1. The van der Waals surface area contributed by atoms with Gasteiger partial charge in [-0.1, -0.05) is 119 Å². The van der Waals surface area contributed by atoms with E-state index in [2.05, 4.69) is 50.3 Å². The number of hydrogen-bond acceptors (Lipinski definition) is 12. The largest absolute Gasteiger partial charge is 0.756 e. The third-order valence-electron chi connectivity index (χ3n) is 9.99. The van der Waals surface area contributed by atoms with Crippen LogP contribution in [0.25, 0.3) is 0 Å². The Hall–Kier alpha value is -2.71. The molecule has 14 heteroatoms. The number of rotatable bonds is 36. The lowest BCUT2D eigenvalue weighted by Gasteiger charge is -2.36. The SMILES string of the molecule is CCCCC/C=C\C/C=C\C/C=C\C/C=C\CCCC(=O)O[C@H](COC(=O)CCC/C=C\C[C@H]1[C@@H](O)CC(O)O[C@@H]1/C=C/[C@@H](O)CCCCC)COP(=O)([O-])OCC[N+](C)(C)C. The molecule has 1 rings (SSSR count). The van der Waals surface area contributed by atoms with Gasteiger partial charge in [-0.15, -0.1) is 0 Å². The van der Waals surface area contributed by atoms with Gasteiger partial charge < -0.3 is 48.0 Å². The van der Waals surface area contributed by atoms with Gasteiger partial charge >= 0.3 is 11.9 Å². The molecule has 1 fully saturated rings. The lowest BCUT2D eigenvalue weighted by atomic mass is 9.87. The van der Waals surface area contributed by atoms with Gasteiger partial charge in [0, 0.05) is 25.2 Å². The summed E-state index contributed by atoms with van der Waals surface area (Å²) in [5, 5.41) is 31.0. The zero-order valence-corrected chi connectivity index (χ0v) is 39.5. The van der Waals surface area contributed by atoms with Crippen molar-refractivity contribution in [2.24, 2.45) is 5.92 Å². The normalized spacial score (nSPS) is 20.9. The van der Waals surface area contributed by atoms with Gasteiger partial charge in [-0.25, -0.2) is 0 Å². The van der Waals surface area contributed by atoms with E-state index in [0.717, 1.165) is 44.9 Å². The van der Waals surface area contributed by atoms with Gasteiger partial charge in [0.2, 0.25) is 0 Å². The summed E-state index contributed by atoms with van der Waals surface area (Å²) in [6.07, 6.45) is 34.2. The fourth-order valence-corrected chi connectivity index (χ4v) is 7.00. The molecule has 1 aliphatic heterocycles. The van der Waals surface area contributed by atoms with Crippen molar-refractivity contribution in [2.45, 2.75) is 167 Å². The number of nitrogens with zero attached hydrogens (tertiary/aromatic N) is 1. The van der Waals surface area contributed by atoms with Crippen LogP contribution in [0, 0.1) is 5.92 Å². The second-order valence-electron chi connectivity index (χ2n) is 16.9. The van der Waals surface area contributed by atoms with E-state index in [1.807, 2.05) is 45.4 Å². The summed E-state index contributed by atoms with van der Waals surface area (Å²) in [6, 6.07) is 0. The van der Waals surface area contributed by atoms with Crippen molar-refractivity contribution in [2.75, 3.05) is 47.5 Å². The van der Waals surface area contributed by atoms with E-state index < -0.39 is 57.1 Å². The van der Waals surface area contributed by atoms with Crippen molar-refractivity contribution in [1.29, 1.82) is 0 Å². The van der Waals surface area contributed by atoms with Crippen LogP contribution in [0.2, 0.25) is 0 Å². The number of ether oxygens (including phenoxy) is 3. The highest BCUT2D eigenvalue weighted by atomic mass is 31.2. The molecule has 3 N–H and O–H groups in total. The summed E-state index contributed by atoms with van der Waals surface area (Å²) in [5.74, 6) is -1.42. The van der Waals surface area contributed by atoms with Crippen molar-refractivity contribution >= 4 is 19.8 Å². The van der Waals surface area contributed by atoms with Crippen molar-refractivity contribution in [3.05, 3.63) is 72.9 Å². The minimum atomic E-state index is -4.71. The lowest BCUT2D eigenvalue weighted by molar-refractivity contribution is -0.870. The predicted octanol–water partition coefficient (Wildman–Crippen LogP) is 8.49. The molecule has 0 radical (unpaired) electrons. The van der Waals surface area contributed by atoms with E-state index >= 15 is 0 Å². The third kappa shape index (κ3) is 32.9. The Kier molecular flexibility index (Phi) is 32.9. The van der Waals surface area contributed by atoms with Crippen molar-refractivity contribution in [3.8, 4) is 0 Å². The standard InChI is InChI=1S/C48H82NO12P/c1-6-8-10-11-12-13-14-15-16-17-18-19-20-21-22-23-29-33-47(53)60-42(40-59-62(55,56)58-37-36-49(3,4)5)39-57-46(52)32-28-25-24-27-31-43-44(51)38-48(54)61-45(43)35-34-41(50)30-26-9-7-2/h12-13,15-16,18-19,21-22,24,27,34-35,41-45,48,50-51,54H,6-11,14,17,20,23,25-26,28-33,36-40H2,1-5H3/b13-12-,16-15-,19-18-,22-21-,27-24-,35-34+/t41-,42+,43-,44-,45+,48?/m0/s1. The van der Waals surface area contributed by atoms with Crippen LogP contribution in [0.4, 0.5) is 0 Å². The summed E-state index contributed by atoms with van der Waals surface area (Å²) in [7, 11) is 0.969. The van der Waals surface area contributed by atoms with E-state index in [0.29, 0.717) is 49.6 Å². The molecule has 0 aliphatic carbocycles. The number of aliphatic hydroxyl groups is 3. The van der Waals surface area contributed by atoms with Crippen molar-refractivity contribution in [3.63, 3.8) is 0 Å². The van der Waals surface area contributed by atoms with E-state index in [1.165, 1.54) is 19.3 Å². The van der Waals surface area contributed by atoms with Crippen LogP contribution < -0.4 is 4.89 Å². The quantitative estimate of drug-likeness (QED) is 0.0180. The van der Waals surface area contributed by atoms with E-state index in [9.17, 15) is 34.4 Å². The maximum absolute atomic E-state index is 12.7. The summed E-state index contributed by atoms with van der Waals surface area (Å²) in [5.41, 5.74) is 0. The first kappa shape index (κ1) is 57.3. The second kappa shape index (κ2) is 35.6. The first-order chi connectivity index (χ1) is 29.7. The molecular formula is C48H82NO12P. The van der Waals surface area contributed by atoms with E-state index in [-0.39, 0.29) is 38.4 Å². The number of phosphoric acid groups is 1. The van der Waals surface area contributed by atoms with Gasteiger partial charge in [-0.2, -0.15) is 0 Å². The fourth-order valence-electron chi connectivity index (χ4n) is 6.27. The lowest BCUT2D eigenvalue weighted by Crippen LogP contribution is -2.43. The molecule has 0 aromatic carbocycles. The van der Waals surface area contributed by atoms with Crippen LogP contribution in [-0.4, -0.2) is 110 Å². The number of quaternary nitrogens is 1. The molecule has 1 heterocycles. The van der Waals surface area contributed by atoms with Crippen LogP contribution in [0.15, 0.2) is 72.9 Å². The highest BCUT2D eigenvalue weighted by molar-refractivity contribution is 7.45. The average molecular weight is 896 g/mol. The number of unbranched alkanes of at least 4 members (excludes halogenated alkanes) is 7. The van der Waals surface area contributed by atoms with Crippen LogP contribution in [0.5, 0.6) is 0 Å². The molecule has 2 unspecified atom stereocenters. The molecule has 0 saturated carbocycles. The molecular weight excluding hydrogens is 813 g/mol. The number of carbonyl (C=O) groups excluding carboxylic acids is 2. The molecule has 0 aromatic heterocycles. The molecule has 0 spiro atoms. The fraction of sp³-hybridized carbons (Fsp3) is 0.708. The average Bonchev–Trinajstić information content (AvgIpc) is 3.20. The maximum Gasteiger partial charge on any atom is 0.306 e. The topological polar surface area (TPSA) is 181 Å². The Morgan fingerprint density at radius 3 is 1.95 bits per heavy atom. The molecule has 1 saturated heterocycles. The number of allylic oxidation sites excluding steroid dienone is 10. The summed E-state index contributed by atoms with van der Waals surface area (Å²) in [4.78, 5) is 37.8. The van der Waals surface area contributed by atoms with Crippen LogP contribution >= 0.6 is 7.82 Å². The van der Waals surface area contributed by atoms with Gasteiger partial charge in [0.25, 0.3) is 7.82 Å². The van der Waals surface area contributed by atoms with Crippen molar-refractivity contribution < 1.29 is 62.1 Å². The number of hydrogen-bond donors (Lipinski definition) is 3. The van der Waals surface area contributed by atoms with Gasteiger partial charge in [-0.05, 0) is 70.6 Å². The number of carbonyl (C=O) groups is 2.